The Morgan fingerprint density at radius 1 is 0.971 bits per heavy atom. The van der Waals surface area contributed by atoms with Gasteiger partial charge < -0.3 is 10.1 Å². The van der Waals surface area contributed by atoms with Crippen molar-refractivity contribution in [3.05, 3.63) is 110 Å². The number of hydrogen-bond donors (Lipinski definition) is 1. The number of hydrogen-bond acceptors (Lipinski definition) is 3. The molecule has 0 bridgehead atoms. The third-order valence-corrected chi connectivity index (χ3v) is 6.07. The zero-order valence-corrected chi connectivity index (χ0v) is 20.7. The molecule has 1 heterocycles. The fourth-order valence-electron chi connectivity index (χ4n) is 3.71. The first-order chi connectivity index (χ1) is 16.3. The highest BCUT2D eigenvalue weighted by Gasteiger charge is 2.16. The van der Waals surface area contributed by atoms with E-state index in [9.17, 15) is 4.79 Å². The number of nitrogens with zero attached hydrogens (tertiary/aromatic N) is 2. The minimum atomic E-state index is -0.186. The van der Waals surface area contributed by atoms with Crippen molar-refractivity contribution in [2.45, 2.75) is 33.9 Å². The van der Waals surface area contributed by atoms with Crippen molar-refractivity contribution in [1.82, 2.24) is 9.78 Å². The smallest absolute Gasteiger partial charge is 0.255 e. The van der Waals surface area contributed by atoms with E-state index in [1.54, 1.807) is 30.3 Å². The van der Waals surface area contributed by atoms with Crippen molar-refractivity contribution in [1.29, 1.82) is 0 Å². The van der Waals surface area contributed by atoms with Gasteiger partial charge in [-0.25, -0.2) is 0 Å². The van der Waals surface area contributed by atoms with E-state index in [1.165, 1.54) is 11.1 Å². The lowest BCUT2D eigenvalue weighted by molar-refractivity contribution is 0.102. The summed E-state index contributed by atoms with van der Waals surface area (Å²) in [6, 6.07) is 20.7. The van der Waals surface area contributed by atoms with Gasteiger partial charge in [0.25, 0.3) is 5.91 Å². The van der Waals surface area contributed by atoms with Crippen molar-refractivity contribution in [3.63, 3.8) is 0 Å². The van der Waals surface area contributed by atoms with E-state index in [0.29, 0.717) is 34.5 Å². The van der Waals surface area contributed by atoms with Crippen LogP contribution in [0, 0.1) is 20.8 Å². The van der Waals surface area contributed by atoms with Crippen LogP contribution < -0.4 is 10.1 Å². The Labute approximate surface area is 209 Å². The number of rotatable bonds is 7. The fraction of sp³-hybridized carbons (Fsp3) is 0.185. The molecular weight excluding hydrogens is 469 g/mol. The molecule has 0 aliphatic heterocycles. The molecule has 174 valence electrons. The third kappa shape index (κ3) is 5.61. The highest BCUT2D eigenvalue weighted by molar-refractivity contribution is 6.35. The van der Waals surface area contributed by atoms with Gasteiger partial charge in [0.1, 0.15) is 12.4 Å². The van der Waals surface area contributed by atoms with Gasteiger partial charge in [-0.2, -0.15) is 5.10 Å². The second kappa shape index (κ2) is 10.3. The lowest BCUT2D eigenvalue weighted by Crippen LogP contribution is -2.13. The maximum absolute atomic E-state index is 12.9. The lowest BCUT2D eigenvalue weighted by Gasteiger charge is -2.10. The molecule has 0 aliphatic carbocycles. The Morgan fingerprint density at radius 3 is 2.44 bits per heavy atom. The van der Waals surface area contributed by atoms with Crippen LogP contribution in [-0.2, 0) is 13.2 Å². The lowest BCUT2D eigenvalue weighted by atomic mass is 10.1. The van der Waals surface area contributed by atoms with E-state index in [2.05, 4.69) is 35.5 Å². The van der Waals surface area contributed by atoms with Gasteiger partial charge >= 0.3 is 0 Å². The summed E-state index contributed by atoms with van der Waals surface area (Å²) in [4.78, 5) is 12.9. The van der Waals surface area contributed by atoms with Crippen LogP contribution in [-0.4, -0.2) is 15.7 Å². The molecule has 1 aromatic heterocycles. The molecule has 1 N–H and O–H groups in total. The molecule has 0 saturated carbocycles. The molecule has 0 spiro atoms. The summed E-state index contributed by atoms with van der Waals surface area (Å²) < 4.78 is 7.68. The van der Waals surface area contributed by atoms with Crippen LogP contribution in [0.25, 0.3) is 0 Å². The van der Waals surface area contributed by atoms with E-state index in [1.807, 2.05) is 36.7 Å². The van der Waals surface area contributed by atoms with Crippen molar-refractivity contribution < 1.29 is 9.53 Å². The third-order valence-electron chi connectivity index (χ3n) is 5.54. The monoisotopic (exact) mass is 493 g/mol. The molecule has 0 radical (unpaired) electrons. The molecule has 7 heteroatoms. The predicted octanol–water partition coefficient (Wildman–Crippen LogP) is 6.99. The molecule has 4 rings (SSSR count). The number of aromatic nitrogens is 2. The molecule has 5 nitrogen and oxygen atoms in total. The van der Waals surface area contributed by atoms with E-state index < -0.39 is 0 Å². The van der Waals surface area contributed by atoms with Gasteiger partial charge in [0, 0.05) is 10.6 Å². The van der Waals surface area contributed by atoms with E-state index in [-0.39, 0.29) is 5.91 Å². The number of carbonyl (C=O) groups is 1. The molecule has 0 aliphatic rings. The van der Waals surface area contributed by atoms with Crippen LogP contribution in [0.1, 0.15) is 38.4 Å². The van der Waals surface area contributed by atoms with Crippen molar-refractivity contribution in [2.24, 2.45) is 0 Å². The fourth-order valence-corrected chi connectivity index (χ4v) is 4.17. The summed E-state index contributed by atoms with van der Waals surface area (Å²) in [5.74, 6) is 0.371. The first kappa shape index (κ1) is 23.9. The van der Waals surface area contributed by atoms with Crippen LogP contribution >= 0.6 is 23.2 Å². The maximum Gasteiger partial charge on any atom is 0.255 e. The van der Waals surface area contributed by atoms with Crippen LogP contribution in [0.3, 0.4) is 0 Å². The number of nitrogens with one attached hydrogen (secondary N) is 1. The minimum absolute atomic E-state index is 0.186. The number of ether oxygens (including phenoxy) is 1. The molecule has 0 fully saturated rings. The van der Waals surface area contributed by atoms with Gasteiger partial charge in [-0.15, -0.1) is 0 Å². The van der Waals surface area contributed by atoms with Gasteiger partial charge in [0.05, 0.1) is 28.6 Å². The van der Waals surface area contributed by atoms with Crippen LogP contribution in [0.2, 0.25) is 10.0 Å². The molecule has 4 aromatic rings. The average Bonchev–Trinajstić information content (AvgIpc) is 3.06. The number of carbonyl (C=O) groups excluding carboxylic acids is 1. The molecule has 1 amide bonds. The molecular formula is C27H25Cl2N3O2. The van der Waals surface area contributed by atoms with E-state index in [0.717, 1.165) is 22.6 Å². The summed E-state index contributed by atoms with van der Waals surface area (Å²) >= 11 is 12.1. The predicted molar refractivity (Wildman–Crippen MR) is 137 cm³/mol. The van der Waals surface area contributed by atoms with Crippen molar-refractivity contribution in [3.8, 4) is 5.75 Å². The standard InChI is InChI=1S/C27H25Cl2N3O2/c1-17-5-4-6-21(13-17)15-32-19(3)26(18(2)31-32)30-27(33)22-9-7-20(8-10-22)16-34-25-12-11-23(28)14-24(25)29/h4-14H,15-16H2,1-3H3,(H,30,33). The second-order valence-corrected chi connectivity index (χ2v) is 9.05. The number of aryl methyl sites for hydroxylation is 2. The zero-order valence-electron chi connectivity index (χ0n) is 19.2. The number of amides is 1. The van der Waals surface area contributed by atoms with Gasteiger partial charge in [0.2, 0.25) is 0 Å². The number of benzene rings is 3. The van der Waals surface area contributed by atoms with E-state index in [4.69, 9.17) is 27.9 Å². The Kier molecular flexibility index (Phi) is 7.25. The summed E-state index contributed by atoms with van der Waals surface area (Å²) in [5.41, 5.74) is 6.28. The zero-order chi connectivity index (χ0) is 24.2. The Hall–Kier alpha value is -3.28. The summed E-state index contributed by atoms with van der Waals surface area (Å²) in [7, 11) is 0. The largest absolute Gasteiger partial charge is 0.487 e. The van der Waals surface area contributed by atoms with Crippen molar-refractivity contribution >= 4 is 34.8 Å². The van der Waals surface area contributed by atoms with Crippen LogP contribution in [0.15, 0.2) is 66.7 Å². The number of halogens is 2. The highest BCUT2D eigenvalue weighted by atomic mass is 35.5. The topological polar surface area (TPSA) is 56.2 Å². The Bertz CT molecular complexity index is 1330. The van der Waals surface area contributed by atoms with E-state index >= 15 is 0 Å². The van der Waals surface area contributed by atoms with Gasteiger partial charge in [-0.05, 0) is 62.2 Å². The van der Waals surface area contributed by atoms with Gasteiger partial charge in [-0.3, -0.25) is 9.48 Å². The van der Waals surface area contributed by atoms with Crippen LogP contribution in [0.4, 0.5) is 5.69 Å². The Balaban J connectivity index is 1.41. The first-order valence-corrected chi connectivity index (χ1v) is 11.6. The second-order valence-electron chi connectivity index (χ2n) is 8.21. The SMILES string of the molecule is Cc1cccc(Cn2nc(C)c(NC(=O)c3ccc(COc4ccc(Cl)cc4Cl)cc3)c2C)c1. The van der Waals surface area contributed by atoms with Gasteiger partial charge in [0.15, 0.2) is 0 Å². The quantitative estimate of drug-likeness (QED) is 0.301. The Morgan fingerprint density at radius 2 is 1.74 bits per heavy atom. The summed E-state index contributed by atoms with van der Waals surface area (Å²) in [6.07, 6.45) is 0. The highest BCUT2D eigenvalue weighted by Crippen LogP contribution is 2.28. The molecule has 34 heavy (non-hydrogen) atoms. The summed E-state index contributed by atoms with van der Waals surface area (Å²) in [6.45, 7) is 6.91. The first-order valence-electron chi connectivity index (χ1n) is 10.9. The molecule has 0 saturated heterocycles. The van der Waals surface area contributed by atoms with Crippen LogP contribution in [0.5, 0.6) is 5.75 Å². The van der Waals surface area contributed by atoms with Gasteiger partial charge in [-0.1, -0.05) is 65.2 Å². The molecule has 3 aromatic carbocycles. The average molecular weight is 494 g/mol. The number of anilines is 1. The molecule has 0 unspecified atom stereocenters. The summed E-state index contributed by atoms with van der Waals surface area (Å²) in [5, 5.41) is 8.66. The maximum atomic E-state index is 12.9. The minimum Gasteiger partial charge on any atom is -0.487 e. The normalized spacial score (nSPS) is 10.9. The molecule has 0 atom stereocenters. The van der Waals surface area contributed by atoms with Crippen molar-refractivity contribution in [2.75, 3.05) is 5.32 Å².